The second-order valence-electron chi connectivity index (χ2n) is 8.58. The van der Waals surface area contributed by atoms with Crippen molar-refractivity contribution in [1.29, 1.82) is 0 Å². The van der Waals surface area contributed by atoms with Crippen molar-refractivity contribution < 1.29 is 37.2 Å². The average Bonchev–Trinajstić information content (AvgIpc) is 2.82. The molecular formula is C19H27F3O5. The smallest absolute Gasteiger partial charge is 0.338 e. The molecule has 0 aromatic rings. The predicted octanol–water partition coefficient (Wildman–Crippen LogP) is 4.33. The van der Waals surface area contributed by atoms with E-state index in [9.17, 15) is 13.2 Å². The molecule has 8 heteroatoms. The number of halogens is 3. The van der Waals surface area contributed by atoms with Gasteiger partial charge in [0.25, 0.3) is 5.79 Å². The fraction of sp³-hybridized carbons (Fsp3) is 0.895. The van der Waals surface area contributed by atoms with Gasteiger partial charge in [-0.15, -0.1) is 6.58 Å². The van der Waals surface area contributed by atoms with E-state index in [0.717, 1.165) is 12.8 Å². The topological polar surface area (TPSA) is 46.2 Å². The molecule has 1 saturated carbocycles. The monoisotopic (exact) mass is 392 g/mol. The van der Waals surface area contributed by atoms with E-state index in [4.69, 9.17) is 24.0 Å². The van der Waals surface area contributed by atoms with Crippen molar-refractivity contribution >= 4 is 0 Å². The molecule has 1 aliphatic carbocycles. The van der Waals surface area contributed by atoms with Crippen molar-refractivity contribution in [2.45, 2.75) is 76.1 Å². The molecule has 4 aliphatic heterocycles. The molecule has 0 N–H and O–H groups in total. The zero-order valence-corrected chi connectivity index (χ0v) is 15.9. The summed E-state index contributed by atoms with van der Waals surface area (Å²) >= 11 is 0. The maximum absolute atomic E-state index is 14.3. The van der Waals surface area contributed by atoms with Crippen molar-refractivity contribution in [3.63, 3.8) is 0 Å². The normalized spacial score (nSPS) is 52.1. The van der Waals surface area contributed by atoms with E-state index in [1.54, 1.807) is 6.92 Å². The van der Waals surface area contributed by atoms with Crippen molar-refractivity contribution in [2.75, 3.05) is 6.61 Å². The zero-order chi connectivity index (χ0) is 19.7. The van der Waals surface area contributed by atoms with Crippen LogP contribution in [0.15, 0.2) is 12.7 Å². The highest BCUT2D eigenvalue weighted by atomic mass is 19.4. The molecule has 5 aliphatic rings. The fourth-order valence-electron chi connectivity index (χ4n) is 5.67. The third kappa shape index (κ3) is 2.56. The van der Waals surface area contributed by atoms with Crippen LogP contribution >= 0.6 is 0 Å². The lowest BCUT2D eigenvalue weighted by Crippen LogP contribution is -2.76. The second-order valence-corrected chi connectivity index (χ2v) is 8.58. The Kier molecular flexibility index (Phi) is 4.48. The van der Waals surface area contributed by atoms with Crippen LogP contribution < -0.4 is 0 Å². The van der Waals surface area contributed by atoms with Gasteiger partial charge < -0.3 is 14.2 Å². The lowest BCUT2D eigenvalue weighted by molar-refractivity contribution is -0.598. The van der Waals surface area contributed by atoms with Gasteiger partial charge in [-0.05, 0) is 38.0 Å². The van der Waals surface area contributed by atoms with E-state index < -0.39 is 41.5 Å². The maximum atomic E-state index is 14.3. The summed E-state index contributed by atoms with van der Waals surface area (Å²) in [7, 11) is 0. The molecule has 8 atom stereocenters. The van der Waals surface area contributed by atoms with Crippen LogP contribution in [0.3, 0.4) is 0 Å². The molecule has 5 fully saturated rings. The van der Waals surface area contributed by atoms with Crippen molar-refractivity contribution in [3.8, 4) is 0 Å². The summed E-state index contributed by atoms with van der Waals surface area (Å²) in [6.45, 7) is 8.52. The summed E-state index contributed by atoms with van der Waals surface area (Å²) in [6, 6.07) is 0. The Morgan fingerprint density at radius 1 is 1.11 bits per heavy atom. The van der Waals surface area contributed by atoms with Crippen LogP contribution in [0.4, 0.5) is 13.2 Å². The molecule has 4 heterocycles. The molecule has 0 radical (unpaired) electrons. The Labute approximate surface area is 157 Å². The molecule has 5 nitrogen and oxygen atoms in total. The predicted molar refractivity (Wildman–Crippen MR) is 88.0 cm³/mol. The first-order chi connectivity index (χ1) is 12.6. The minimum Gasteiger partial charge on any atom is -0.338 e. The van der Waals surface area contributed by atoms with E-state index in [0.29, 0.717) is 12.8 Å². The first kappa shape index (κ1) is 19.6. The lowest BCUT2D eigenvalue weighted by Gasteiger charge is -2.62. The maximum Gasteiger partial charge on any atom is 0.443 e. The SMILES string of the molecule is C=CCO[C@@]1(C(F)(F)F)O[C@@H]2O[C@@]3(C)CC[C@H]4[C@H](C)CC[C@@H]([C@H]1C)[C@@]24OO3. The van der Waals surface area contributed by atoms with Gasteiger partial charge in [-0.1, -0.05) is 19.9 Å². The first-order valence-electron chi connectivity index (χ1n) is 9.64. The highest BCUT2D eigenvalue weighted by Crippen LogP contribution is 2.64. The van der Waals surface area contributed by atoms with Crippen LogP contribution in [0.25, 0.3) is 0 Å². The van der Waals surface area contributed by atoms with Crippen LogP contribution in [0.2, 0.25) is 0 Å². The van der Waals surface area contributed by atoms with Crippen LogP contribution in [-0.4, -0.2) is 36.2 Å². The first-order valence-corrected chi connectivity index (χ1v) is 9.64. The van der Waals surface area contributed by atoms with Crippen LogP contribution in [0.5, 0.6) is 0 Å². The summed E-state index contributed by atoms with van der Waals surface area (Å²) < 4.78 is 59.7. The molecule has 0 amide bonds. The Bertz CT molecular complexity index is 613. The summed E-state index contributed by atoms with van der Waals surface area (Å²) in [6.07, 6.45) is -1.96. The van der Waals surface area contributed by atoms with Gasteiger partial charge in [0.15, 0.2) is 11.9 Å². The quantitative estimate of drug-likeness (QED) is 0.529. The van der Waals surface area contributed by atoms with E-state index in [2.05, 4.69) is 13.5 Å². The van der Waals surface area contributed by atoms with Crippen LogP contribution in [-0.2, 0) is 24.0 Å². The van der Waals surface area contributed by atoms with Gasteiger partial charge in [0.1, 0.15) is 0 Å². The summed E-state index contributed by atoms with van der Waals surface area (Å²) in [5, 5.41) is 0. The highest BCUT2D eigenvalue weighted by molar-refractivity contribution is 5.12. The second kappa shape index (κ2) is 6.16. The van der Waals surface area contributed by atoms with E-state index >= 15 is 0 Å². The molecule has 0 aromatic carbocycles. The molecule has 1 spiro atoms. The fourth-order valence-corrected chi connectivity index (χ4v) is 5.67. The largest absolute Gasteiger partial charge is 0.443 e. The Hall–Kier alpha value is -0.670. The van der Waals surface area contributed by atoms with E-state index in [1.807, 2.05) is 0 Å². The molecular weight excluding hydrogens is 365 g/mol. The molecule has 0 aromatic heterocycles. The third-order valence-corrected chi connectivity index (χ3v) is 7.07. The summed E-state index contributed by atoms with van der Waals surface area (Å²) in [5.74, 6) is -5.08. The van der Waals surface area contributed by atoms with Gasteiger partial charge in [-0.2, -0.15) is 13.2 Å². The molecule has 2 bridgehead atoms. The van der Waals surface area contributed by atoms with E-state index in [1.165, 1.54) is 13.0 Å². The highest BCUT2D eigenvalue weighted by Gasteiger charge is 2.77. The molecule has 27 heavy (non-hydrogen) atoms. The van der Waals surface area contributed by atoms with Gasteiger partial charge >= 0.3 is 6.18 Å². The molecule has 154 valence electrons. The van der Waals surface area contributed by atoms with Gasteiger partial charge in [0.05, 0.1) is 6.61 Å². The lowest BCUT2D eigenvalue weighted by atomic mass is 9.57. The molecule has 5 rings (SSSR count). The summed E-state index contributed by atoms with van der Waals surface area (Å²) in [4.78, 5) is 11.5. The minimum absolute atomic E-state index is 0.00124. The minimum atomic E-state index is -4.73. The Morgan fingerprint density at radius 3 is 2.52 bits per heavy atom. The van der Waals surface area contributed by atoms with Gasteiger partial charge in [0, 0.05) is 18.3 Å². The zero-order valence-electron chi connectivity index (χ0n) is 15.9. The van der Waals surface area contributed by atoms with Crippen molar-refractivity contribution in [1.82, 2.24) is 0 Å². The Morgan fingerprint density at radius 2 is 1.85 bits per heavy atom. The third-order valence-electron chi connectivity index (χ3n) is 7.07. The Balaban J connectivity index is 1.83. The van der Waals surface area contributed by atoms with Crippen molar-refractivity contribution in [3.05, 3.63) is 12.7 Å². The number of fused-ring (bicyclic) bond motifs is 2. The number of alkyl halides is 3. The van der Waals surface area contributed by atoms with Crippen LogP contribution in [0, 0.1) is 23.7 Å². The number of hydrogen-bond acceptors (Lipinski definition) is 5. The van der Waals surface area contributed by atoms with Gasteiger partial charge in [-0.25, -0.2) is 9.78 Å². The van der Waals surface area contributed by atoms with Crippen molar-refractivity contribution in [2.24, 2.45) is 23.7 Å². The van der Waals surface area contributed by atoms with Gasteiger partial charge in [-0.3, -0.25) is 0 Å². The molecule has 4 saturated heterocycles. The number of hydrogen-bond donors (Lipinski definition) is 0. The standard InChI is InChI=1S/C19H27F3O5/c1-5-10-23-18(19(20,21)22)12(3)14-7-6-11(2)13-8-9-16(4)24-15(25-18)17(13,14)27-26-16/h5,11-15H,1,6-10H2,2-4H3/t11-,12-,13+,14+,15+,16-,17-,18-/m1/s1. The van der Waals surface area contributed by atoms with E-state index in [-0.39, 0.29) is 18.4 Å². The average molecular weight is 392 g/mol. The number of ether oxygens (including phenoxy) is 3. The van der Waals surface area contributed by atoms with Crippen LogP contribution in [0.1, 0.15) is 46.5 Å². The number of rotatable bonds is 3. The van der Waals surface area contributed by atoms with Gasteiger partial charge in [0.2, 0.25) is 5.79 Å². The summed E-state index contributed by atoms with van der Waals surface area (Å²) in [5.41, 5.74) is -1.06. The molecule has 0 unspecified atom stereocenters.